The molecule has 2 heterocycles. The van der Waals surface area contributed by atoms with E-state index < -0.39 is 54.9 Å². The first-order valence-corrected chi connectivity index (χ1v) is 7.69. The molecule has 2 aliphatic rings. The first-order valence-electron chi connectivity index (χ1n) is 7.69. The molecule has 10 heteroatoms. The summed E-state index contributed by atoms with van der Waals surface area (Å²) in [6.45, 7) is 8.70. The Hall–Kier alpha value is -0.980. The van der Waals surface area contributed by atoms with Crippen molar-refractivity contribution >= 4 is 13.4 Å². The molecule has 0 aromatic heterocycles. The van der Waals surface area contributed by atoms with Gasteiger partial charge < -0.3 is 41.3 Å². The van der Waals surface area contributed by atoms with Gasteiger partial charge in [-0.05, 0) is 20.4 Å². The van der Waals surface area contributed by atoms with Crippen LogP contribution in [-0.2, 0) is 18.9 Å². The quantitative estimate of drug-likeness (QED) is 0.412. The van der Waals surface area contributed by atoms with Crippen LogP contribution in [0.5, 0.6) is 0 Å². The molecule has 9 atom stereocenters. The van der Waals surface area contributed by atoms with Crippen LogP contribution in [0.2, 0.25) is 0 Å². The lowest BCUT2D eigenvalue weighted by Crippen LogP contribution is -2.74. The Morgan fingerprint density at radius 1 is 1.29 bits per heavy atom. The summed E-state index contributed by atoms with van der Waals surface area (Å²) < 4.78 is 22.3. The first kappa shape index (κ1) is 19.3. The summed E-state index contributed by atoms with van der Waals surface area (Å²) in [6, 6.07) is -1.51. The summed E-state index contributed by atoms with van der Waals surface area (Å²) in [4.78, 5) is 7.77. The molecule has 7 N–H and O–H groups in total. The molecule has 2 saturated heterocycles. The summed E-state index contributed by atoms with van der Waals surface area (Å²) in [5, 5.41) is 9.69. The van der Waals surface area contributed by atoms with E-state index >= 15 is 0 Å². The zero-order chi connectivity index (χ0) is 18.1. The summed E-state index contributed by atoms with van der Waals surface area (Å²) in [5.74, 6) is 0. The van der Waals surface area contributed by atoms with E-state index in [1.807, 2.05) is 0 Å². The van der Waals surface area contributed by atoms with Crippen molar-refractivity contribution in [2.45, 2.75) is 68.2 Å². The molecular formula is C14H27N5O5. The van der Waals surface area contributed by atoms with E-state index in [4.69, 9.17) is 36.1 Å². The zero-order valence-corrected chi connectivity index (χ0v) is 13.9. The predicted molar refractivity (Wildman–Crippen MR) is 87.5 cm³/mol. The van der Waals surface area contributed by atoms with Gasteiger partial charge in [-0.25, -0.2) is 0 Å². The number of hydrogen-bond acceptors (Lipinski definition) is 10. The number of nitrogens with zero attached hydrogens (tertiary/aromatic N) is 2. The molecule has 24 heavy (non-hydrogen) atoms. The second kappa shape index (κ2) is 7.50. The van der Waals surface area contributed by atoms with E-state index in [2.05, 4.69) is 23.4 Å². The topological polar surface area (TPSA) is 160 Å². The minimum atomic E-state index is -1.40. The zero-order valence-electron chi connectivity index (χ0n) is 13.9. The highest BCUT2D eigenvalue weighted by atomic mass is 16.7. The molecule has 0 bridgehead atoms. The van der Waals surface area contributed by atoms with E-state index in [9.17, 15) is 5.11 Å². The van der Waals surface area contributed by atoms with E-state index in [0.29, 0.717) is 0 Å². The van der Waals surface area contributed by atoms with Gasteiger partial charge in [-0.2, -0.15) is 0 Å². The van der Waals surface area contributed by atoms with E-state index in [1.54, 1.807) is 6.92 Å². The average molecular weight is 345 g/mol. The minimum absolute atomic E-state index is 0.262. The lowest BCUT2D eigenvalue weighted by Gasteiger charge is -2.48. The normalized spacial score (nSPS) is 49.6. The van der Waals surface area contributed by atoms with Gasteiger partial charge in [0.1, 0.15) is 18.4 Å². The lowest BCUT2D eigenvalue weighted by molar-refractivity contribution is -0.303. The van der Waals surface area contributed by atoms with Crippen LogP contribution in [0.25, 0.3) is 0 Å². The summed E-state index contributed by atoms with van der Waals surface area (Å²) in [7, 11) is 1.53. The smallest absolute Gasteiger partial charge is 0.177 e. The third-order valence-electron chi connectivity index (χ3n) is 4.59. The van der Waals surface area contributed by atoms with E-state index in [-0.39, 0.29) is 6.42 Å². The van der Waals surface area contributed by atoms with Crippen molar-refractivity contribution in [1.82, 2.24) is 0 Å². The molecule has 2 fully saturated rings. The molecular weight excluding hydrogens is 318 g/mol. The number of methoxy groups -OCH3 is 1. The molecule has 0 aromatic carbocycles. The summed E-state index contributed by atoms with van der Waals surface area (Å²) in [6.07, 6.45) is -3.96. The van der Waals surface area contributed by atoms with Gasteiger partial charge in [-0.1, -0.05) is 0 Å². The molecule has 0 spiro atoms. The lowest BCUT2D eigenvalue weighted by atomic mass is 9.90. The van der Waals surface area contributed by atoms with Gasteiger partial charge in [-0.3, -0.25) is 9.98 Å². The number of nitrogens with two attached hydrogens (primary N) is 3. The van der Waals surface area contributed by atoms with Crippen molar-refractivity contribution in [3.8, 4) is 0 Å². The number of aliphatic hydroxyl groups excluding tert-OH is 1. The Balaban J connectivity index is 2.17. The third-order valence-corrected chi connectivity index (χ3v) is 4.59. The van der Waals surface area contributed by atoms with Crippen molar-refractivity contribution in [2.24, 2.45) is 27.2 Å². The average Bonchev–Trinajstić information content (AvgIpc) is 2.54. The predicted octanol–water partition coefficient (Wildman–Crippen LogP) is -2.09. The van der Waals surface area contributed by atoms with Gasteiger partial charge in [0.15, 0.2) is 18.2 Å². The van der Waals surface area contributed by atoms with Gasteiger partial charge in [-0.15, -0.1) is 0 Å². The van der Waals surface area contributed by atoms with Crippen molar-refractivity contribution in [2.75, 3.05) is 7.11 Å². The molecule has 0 aliphatic carbocycles. The highest BCUT2D eigenvalue weighted by Crippen LogP contribution is 2.32. The minimum Gasteiger partial charge on any atom is -0.378 e. The fraction of sp³-hybridized carbons (Fsp3) is 0.857. The summed E-state index contributed by atoms with van der Waals surface area (Å²) >= 11 is 0. The maximum absolute atomic E-state index is 9.69. The number of ether oxygens (including phenoxy) is 4. The second-order valence-corrected chi connectivity index (χ2v) is 6.08. The van der Waals surface area contributed by atoms with Crippen LogP contribution in [0.3, 0.4) is 0 Å². The molecule has 10 nitrogen and oxygen atoms in total. The van der Waals surface area contributed by atoms with Crippen molar-refractivity contribution < 1.29 is 24.1 Å². The number of aliphatic hydroxyl groups is 1. The standard InChI is InChI=1S/C14H27N5O5/c1-6-10(7(21-4)5-8(20)22-6)23-12-9(15)11(18-2)14(17,19-3)13(16)24-12/h6-13,20H,2-3,5,15-17H2,1,4H3/t6-,7-,8+,9-,10-,11-,12?,13+,14-/m0/s1. The number of hydrogen-bond donors (Lipinski definition) is 4. The first-order chi connectivity index (χ1) is 11.3. The number of aliphatic imine (C=N–C) groups is 2. The molecule has 1 unspecified atom stereocenters. The van der Waals surface area contributed by atoms with Crippen molar-refractivity contribution in [3.05, 3.63) is 0 Å². The van der Waals surface area contributed by atoms with Gasteiger partial charge in [0.25, 0.3) is 0 Å². The SMILES string of the molecule is C=N[C@H]1[C@H](N)C(O[C@H]2[C@H](C)O[C@@H](O)C[C@@H]2OC)O[C@@H](N)[C@@]1(N)N=C. The van der Waals surface area contributed by atoms with E-state index in [1.165, 1.54) is 7.11 Å². The molecule has 0 saturated carbocycles. The van der Waals surface area contributed by atoms with Gasteiger partial charge in [0.05, 0.1) is 18.2 Å². The third kappa shape index (κ3) is 3.37. The Labute approximate surface area is 141 Å². The van der Waals surface area contributed by atoms with Crippen molar-refractivity contribution in [1.29, 1.82) is 0 Å². The van der Waals surface area contributed by atoms with Crippen LogP contribution in [0.4, 0.5) is 0 Å². The van der Waals surface area contributed by atoms with Crippen molar-refractivity contribution in [3.63, 3.8) is 0 Å². The van der Waals surface area contributed by atoms with Crippen LogP contribution in [0.1, 0.15) is 13.3 Å². The molecule has 2 rings (SSSR count). The van der Waals surface area contributed by atoms with Crippen LogP contribution < -0.4 is 17.2 Å². The Kier molecular flexibility index (Phi) is 6.04. The van der Waals surface area contributed by atoms with Crippen LogP contribution in [0, 0.1) is 0 Å². The fourth-order valence-corrected chi connectivity index (χ4v) is 3.14. The highest BCUT2D eigenvalue weighted by molar-refractivity contribution is 5.31. The van der Waals surface area contributed by atoms with Gasteiger partial charge in [0.2, 0.25) is 0 Å². The van der Waals surface area contributed by atoms with E-state index in [0.717, 1.165) is 0 Å². The fourth-order valence-electron chi connectivity index (χ4n) is 3.14. The monoisotopic (exact) mass is 345 g/mol. The molecule has 2 aliphatic heterocycles. The Bertz CT molecular complexity index is 469. The van der Waals surface area contributed by atoms with Gasteiger partial charge in [0, 0.05) is 13.5 Å². The molecule has 0 amide bonds. The highest BCUT2D eigenvalue weighted by Gasteiger charge is 2.53. The Morgan fingerprint density at radius 2 is 1.96 bits per heavy atom. The molecule has 138 valence electrons. The molecule has 0 aromatic rings. The Morgan fingerprint density at radius 3 is 2.50 bits per heavy atom. The second-order valence-electron chi connectivity index (χ2n) is 6.08. The summed E-state index contributed by atoms with van der Waals surface area (Å²) in [5.41, 5.74) is 16.9. The number of rotatable bonds is 5. The van der Waals surface area contributed by atoms with Gasteiger partial charge >= 0.3 is 0 Å². The maximum Gasteiger partial charge on any atom is 0.177 e. The van der Waals surface area contributed by atoms with Crippen LogP contribution in [-0.4, -0.2) is 80.5 Å². The maximum atomic E-state index is 9.69. The molecule has 0 radical (unpaired) electrons. The largest absolute Gasteiger partial charge is 0.378 e. The van der Waals surface area contributed by atoms with Crippen LogP contribution in [0.15, 0.2) is 9.98 Å². The van der Waals surface area contributed by atoms with Crippen LogP contribution >= 0.6 is 0 Å².